The number of ether oxygens (including phenoxy) is 2. The standard InChI is InChI=1S/C27H28ClN3O3/c1-20(2)34-25-14-12-23(13-15-25)30-26(32)31-19-27(18-29-31,21-8-10-22(28)11-9-21)16-17-33-24-6-4-3-5-7-24/h3-15,18,20H,16-17,19H2,1-2H3,(H,30,32). The van der Waals surface area contributed by atoms with Crippen molar-refractivity contribution >= 4 is 29.5 Å². The molecular weight excluding hydrogens is 450 g/mol. The number of urea groups is 1. The molecule has 0 saturated carbocycles. The van der Waals surface area contributed by atoms with Crippen molar-refractivity contribution in [2.45, 2.75) is 31.8 Å². The van der Waals surface area contributed by atoms with E-state index in [9.17, 15) is 4.79 Å². The molecule has 2 amide bonds. The van der Waals surface area contributed by atoms with Gasteiger partial charge < -0.3 is 14.8 Å². The van der Waals surface area contributed by atoms with Crippen LogP contribution in [0.15, 0.2) is 84.0 Å². The molecule has 176 valence electrons. The number of carbonyl (C=O) groups is 1. The average Bonchev–Trinajstić information content (AvgIpc) is 3.27. The average molecular weight is 478 g/mol. The maximum absolute atomic E-state index is 13.0. The minimum atomic E-state index is -0.480. The van der Waals surface area contributed by atoms with E-state index < -0.39 is 5.41 Å². The fraction of sp³-hybridized carbons (Fsp3) is 0.259. The first kappa shape index (κ1) is 23.6. The van der Waals surface area contributed by atoms with Gasteiger partial charge in [0.25, 0.3) is 0 Å². The smallest absolute Gasteiger partial charge is 0.342 e. The Morgan fingerprint density at radius 3 is 2.41 bits per heavy atom. The zero-order chi connectivity index (χ0) is 24.0. The quantitative estimate of drug-likeness (QED) is 0.410. The minimum Gasteiger partial charge on any atom is -0.494 e. The summed E-state index contributed by atoms with van der Waals surface area (Å²) < 4.78 is 11.6. The molecule has 1 aliphatic heterocycles. The summed E-state index contributed by atoms with van der Waals surface area (Å²) >= 11 is 6.11. The van der Waals surface area contributed by atoms with E-state index >= 15 is 0 Å². The number of benzene rings is 3. The summed E-state index contributed by atoms with van der Waals surface area (Å²) in [7, 11) is 0. The van der Waals surface area contributed by atoms with E-state index in [1.165, 1.54) is 5.01 Å². The van der Waals surface area contributed by atoms with Gasteiger partial charge in [-0.1, -0.05) is 41.9 Å². The second-order valence-electron chi connectivity index (χ2n) is 8.50. The molecule has 0 fully saturated rings. The molecule has 6 nitrogen and oxygen atoms in total. The minimum absolute atomic E-state index is 0.0891. The van der Waals surface area contributed by atoms with Crippen molar-refractivity contribution in [2.24, 2.45) is 5.10 Å². The van der Waals surface area contributed by atoms with Crippen molar-refractivity contribution in [1.82, 2.24) is 5.01 Å². The molecular formula is C27H28ClN3O3. The van der Waals surface area contributed by atoms with Gasteiger partial charge in [-0.25, -0.2) is 9.80 Å². The highest BCUT2D eigenvalue weighted by Gasteiger charge is 2.39. The van der Waals surface area contributed by atoms with Gasteiger partial charge in [-0.3, -0.25) is 0 Å². The number of amides is 2. The van der Waals surface area contributed by atoms with Crippen molar-refractivity contribution < 1.29 is 14.3 Å². The Morgan fingerprint density at radius 1 is 1.03 bits per heavy atom. The molecule has 1 N–H and O–H groups in total. The number of halogens is 1. The fourth-order valence-electron chi connectivity index (χ4n) is 3.83. The van der Waals surface area contributed by atoms with Crippen LogP contribution in [0.5, 0.6) is 11.5 Å². The highest BCUT2D eigenvalue weighted by Crippen LogP contribution is 2.33. The summed E-state index contributed by atoms with van der Waals surface area (Å²) in [6, 6.07) is 24.4. The Hall–Kier alpha value is -3.51. The number of hydrogen-bond acceptors (Lipinski definition) is 4. The normalized spacial score (nSPS) is 17.1. The van der Waals surface area contributed by atoms with Crippen LogP contribution in [0.1, 0.15) is 25.8 Å². The lowest BCUT2D eigenvalue weighted by Crippen LogP contribution is -2.39. The number of nitrogens with zero attached hydrogens (tertiary/aromatic N) is 2. The predicted molar refractivity (Wildman–Crippen MR) is 136 cm³/mol. The summed E-state index contributed by atoms with van der Waals surface area (Å²) in [5, 5.41) is 9.47. The number of nitrogens with one attached hydrogen (secondary N) is 1. The Balaban J connectivity index is 1.44. The monoisotopic (exact) mass is 477 g/mol. The third kappa shape index (κ3) is 5.88. The SMILES string of the molecule is CC(C)Oc1ccc(NC(=O)N2CC(CCOc3ccccc3)(c3ccc(Cl)cc3)C=N2)cc1. The van der Waals surface area contributed by atoms with Gasteiger partial charge >= 0.3 is 6.03 Å². The molecule has 1 heterocycles. The second kappa shape index (κ2) is 10.6. The maximum Gasteiger partial charge on any atom is 0.342 e. The third-order valence-corrected chi connectivity index (χ3v) is 5.82. The predicted octanol–water partition coefficient (Wildman–Crippen LogP) is 6.37. The lowest BCUT2D eigenvalue weighted by atomic mass is 9.79. The molecule has 4 rings (SSSR count). The van der Waals surface area contributed by atoms with E-state index in [-0.39, 0.29) is 12.1 Å². The number of hydrogen-bond donors (Lipinski definition) is 1. The van der Waals surface area contributed by atoms with Gasteiger partial charge in [0.2, 0.25) is 0 Å². The highest BCUT2D eigenvalue weighted by molar-refractivity contribution is 6.30. The number of para-hydroxylation sites is 1. The van der Waals surface area contributed by atoms with Gasteiger partial charge in [0, 0.05) is 16.9 Å². The Labute approximate surface area is 205 Å². The van der Waals surface area contributed by atoms with Crippen LogP contribution in [0, 0.1) is 0 Å². The van der Waals surface area contributed by atoms with Gasteiger partial charge in [-0.05, 0) is 74.4 Å². The summed E-state index contributed by atoms with van der Waals surface area (Å²) in [4.78, 5) is 13.0. The first-order valence-electron chi connectivity index (χ1n) is 11.3. The molecule has 1 unspecified atom stereocenters. The van der Waals surface area contributed by atoms with Crippen molar-refractivity contribution in [3.8, 4) is 11.5 Å². The van der Waals surface area contributed by atoms with Crippen LogP contribution in [0.3, 0.4) is 0 Å². The molecule has 0 saturated heterocycles. The van der Waals surface area contributed by atoms with E-state index in [1.807, 2.05) is 98.9 Å². The molecule has 1 atom stereocenters. The van der Waals surface area contributed by atoms with Crippen LogP contribution in [-0.4, -0.2) is 36.5 Å². The Morgan fingerprint density at radius 2 is 1.74 bits per heavy atom. The first-order chi connectivity index (χ1) is 16.4. The summed E-state index contributed by atoms with van der Waals surface area (Å²) in [6.45, 7) is 4.82. The first-order valence-corrected chi connectivity index (χ1v) is 11.7. The topological polar surface area (TPSA) is 63.2 Å². The summed E-state index contributed by atoms with van der Waals surface area (Å²) in [5.41, 5.74) is 1.22. The lowest BCUT2D eigenvalue weighted by molar-refractivity contribution is 0.208. The van der Waals surface area contributed by atoms with Gasteiger partial charge in [0.1, 0.15) is 11.5 Å². The van der Waals surface area contributed by atoms with E-state index in [1.54, 1.807) is 0 Å². The van der Waals surface area contributed by atoms with Crippen LogP contribution in [0.4, 0.5) is 10.5 Å². The van der Waals surface area contributed by atoms with Crippen LogP contribution in [0.2, 0.25) is 5.02 Å². The number of carbonyl (C=O) groups excluding carboxylic acids is 1. The Bertz CT molecular complexity index is 1120. The van der Waals surface area contributed by atoms with E-state index in [2.05, 4.69) is 10.4 Å². The molecule has 0 aliphatic carbocycles. The molecule has 34 heavy (non-hydrogen) atoms. The highest BCUT2D eigenvalue weighted by atomic mass is 35.5. The van der Waals surface area contributed by atoms with Crippen molar-refractivity contribution in [3.05, 3.63) is 89.4 Å². The molecule has 1 aliphatic rings. The van der Waals surface area contributed by atoms with Gasteiger partial charge in [-0.15, -0.1) is 0 Å². The summed E-state index contributed by atoms with van der Waals surface area (Å²) in [5.74, 6) is 1.57. The number of anilines is 1. The molecule has 3 aromatic carbocycles. The molecule has 0 spiro atoms. The van der Waals surface area contributed by atoms with Gasteiger partial charge in [0.05, 0.1) is 24.7 Å². The molecule has 3 aromatic rings. The molecule has 7 heteroatoms. The lowest BCUT2D eigenvalue weighted by Gasteiger charge is -2.28. The van der Waals surface area contributed by atoms with Gasteiger partial charge in [-0.2, -0.15) is 5.10 Å². The fourth-order valence-corrected chi connectivity index (χ4v) is 3.96. The van der Waals surface area contributed by atoms with Gasteiger partial charge in [0.15, 0.2) is 0 Å². The summed E-state index contributed by atoms with van der Waals surface area (Å²) in [6.07, 6.45) is 2.58. The van der Waals surface area contributed by atoms with E-state index in [4.69, 9.17) is 21.1 Å². The molecule has 0 radical (unpaired) electrons. The largest absolute Gasteiger partial charge is 0.494 e. The number of hydrazone groups is 1. The third-order valence-electron chi connectivity index (χ3n) is 5.57. The maximum atomic E-state index is 13.0. The second-order valence-corrected chi connectivity index (χ2v) is 8.93. The number of rotatable bonds is 8. The molecule has 0 aromatic heterocycles. The van der Waals surface area contributed by atoms with Crippen LogP contribution < -0.4 is 14.8 Å². The van der Waals surface area contributed by atoms with Crippen molar-refractivity contribution in [2.75, 3.05) is 18.5 Å². The van der Waals surface area contributed by atoms with Crippen LogP contribution >= 0.6 is 11.6 Å². The van der Waals surface area contributed by atoms with Crippen LogP contribution in [-0.2, 0) is 5.41 Å². The molecule has 0 bridgehead atoms. The van der Waals surface area contributed by atoms with E-state index in [0.29, 0.717) is 30.3 Å². The van der Waals surface area contributed by atoms with Crippen LogP contribution in [0.25, 0.3) is 0 Å². The zero-order valence-corrected chi connectivity index (χ0v) is 20.0. The zero-order valence-electron chi connectivity index (χ0n) is 19.3. The van der Waals surface area contributed by atoms with E-state index in [0.717, 1.165) is 17.1 Å². The van der Waals surface area contributed by atoms with Crippen molar-refractivity contribution in [1.29, 1.82) is 0 Å². The van der Waals surface area contributed by atoms with Crippen molar-refractivity contribution in [3.63, 3.8) is 0 Å². The Kier molecular flexibility index (Phi) is 7.38.